The monoisotopic (exact) mass is 856 g/mol. The van der Waals surface area contributed by atoms with Crippen molar-refractivity contribution in [3.63, 3.8) is 0 Å². The third kappa shape index (κ3) is 8.93. The van der Waals surface area contributed by atoms with E-state index in [-0.39, 0.29) is 108 Å². The Morgan fingerprint density at radius 1 is 0.933 bits per heavy atom. The molecule has 4 saturated carbocycles. The van der Waals surface area contributed by atoms with Crippen LogP contribution in [-0.2, 0) is 33.4 Å². The molecule has 14 nitrogen and oxygen atoms in total. The minimum atomic E-state index is -1.00. The zero-order chi connectivity index (χ0) is 42.8. The number of thioether (sulfide) groups is 1. The minimum absolute atomic E-state index is 0.00366. The van der Waals surface area contributed by atoms with Gasteiger partial charge in [0.05, 0.1) is 29.9 Å². The molecule has 7 aliphatic rings. The number of amides is 5. The number of ether oxygens (including phenoxy) is 2. The number of ketones is 1. The molecule has 12 atom stereocenters. The number of fused-ring (bicyclic) bond motifs is 6. The predicted molar refractivity (Wildman–Crippen MR) is 224 cm³/mol. The van der Waals surface area contributed by atoms with Gasteiger partial charge in [0.25, 0.3) is 0 Å². The molecule has 2 saturated heterocycles. The van der Waals surface area contributed by atoms with Crippen LogP contribution in [0.1, 0.15) is 130 Å². The van der Waals surface area contributed by atoms with Gasteiger partial charge in [0.1, 0.15) is 19.0 Å². The molecule has 4 aliphatic carbocycles. The summed E-state index contributed by atoms with van der Waals surface area (Å²) in [6, 6.07) is -0.621. The van der Waals surface area contributed by atoms with Crippen molar-refractivity contribution in [2.75, 3.05) is 32.1 Å². The molecule has 6 fully saturated rings. The molecule has 0 bridgehead atoms. The van der Waals surface area contributed by atoms with E-state index in [1.54, 1.807) is 24.8 Å². The summed E-state index contributed by atoms with van der Waals surface area (Å²) in [5.74, 6) is 0.558. The van der Waals surface area contributed by atoms with Crippen molar-refractivity contribution >= 4 is 47.3 Å². The van der Waals surface area contributed by atoms with Gasteiger partial charge in [0, 0.05) is 54.8 Å². The highest BCUT2D eigenvalue weighted by atomic mass is 32.2. The normalized spacial score (nSPS) is 37.9. The molecule has 0 aromatic heterocycles. The maximum absolute atomic E-state index is 13.0. The number of carbonyl (C=O) groups excluding carboxylic acids is 6. The number of hydrogen-bond acceptors (Lipinski definition) is 11. The highest BCUT2D eigenvalue weighted by molar-refractivity contribution is 8.00. The van der Waals surface area contributed by atoms with E-state index in [0.717, 1.165) is 76.2 Å². The number of nitrogens with one attached hydrogen (secondary N) is 3. The van der Waals surface area contributed by atoms with Crippen LogP contribution in [0.15, 0.2) is 11.6 Å². The maximum Gasteiger partial charge on any atom is 0.331 e. The van der Waals surface area contributed by atoms with E-state index in [2.05, 4.69) is 22.9 Å². The quantitative estimate of drug-likeness (QED) is 0.0747. The van der Waals surface area contributed by atoms with Crippen molar-refractivity contribution < 1.29 is 48.5 Å². The average molecular weight is 857 g/mol. The van der Waals surface area contributed by atoms with Gasteiger partial charge >= 0.3 is 12.0 Å². The van der Waals surface area contributed by atoms with Gasteiger partial charge < -0.3 is 40.4 Å². The zero-order valence-electron chi connectivity index (χ0n) is 35.8. The Kier molecular flexibility index (Phi) is 14.1. The van der Waals surface area contributed by atoms with Gasteiger partial charge in [0.15, 0.2) is 0 Å². The number of unbranched alkanes of at least 4 members (excludes halogenated alkanes) is 3. The third-order valence-electron chi connectivity index (χ3n) is 16.2. The van der Waals surface area contributed by atoms with Crippen LogP contribution in [0.25, 0.3) is 0 Å². The summed E-state index contributed by atoms with van der Waals surface area (Å²) in [6.45, 7) is 6.90. The molecule has 0 spiro atoms. The molecule has 60 heavy (non-hydrogen) atoms. The molecule has 0 unspecified atom stereocenters. The summed E-state index contributed by atoms with van der Waals surface area (Å²) >= 11 is 1.77. The second-order valence-corrected chi connectivity index (χ2v) is 20.7. The Morgan fingerprint density at radius 3 is 2.48 bits per heavy atom. The smallest absolute Gasteiger partial charge is 0.331 e. The van der Waals surface area contributed by atoms with E-state index in [1.807, 2.05) is 6.92 Å². The second kappa shape index (κ2) is 18.8. The molecule has 3 aliphatic heterocycles. The van der Waals surface area contributed by atoms with E-state index in [1.165, 1.54) is 4.90 Å². The average Bonchev–Trinajstić information content (AvgIpc) is 3.96. The lowest BCUT2D eigenvalue weighted by atomic mass is 9.42. The summed E-state index contributed by atoms with van der Waals surface area (Å²) in [6.07, 6.45) is 13.1. The second-order valence-electron chi connectivity index (χ2n) is 19.5. The Bertz CT molecular complexity index is 1690. The number of carbonyl (C=O) groups is 6. The number of aliphatic hydroxyl groups excluding tert-OH is 1. The molecular formula is C45H68N4O10S. The zero-order valence-corrected chi connectivity index (χ0v) is 36.7. The Balaban J connectivity index is 0.747. The van der Waals surface area contributed by atoms with Crippen molar-refractivity contribution in [2.45, 2.75) is 165 Å². The molecule has 334 valence electrons. The number of cyclic esters (lactones) is 1. The number of rotatable bonds is 18. The van der Waals surface area contributed by atoms with Gasteiger partial charge in [0.2, 0.25) is 17.7 Å². The SMILES string of the molecule is CC(=O)CCCC[C@@H]1SC[C@H]2[C@@H]1NC(=O)N2C(=O)CCNC(=O)CCCCCNC(=O)CO[C@H]1CC[C@@]2(C)[C@H](CC[C@@H]3[C@@H]2C[C@@H](O)[C@]2(C)[C@@H](C4=CC(=O)OC4)CC[C@]32O)C1. The lowest BCUT2D eigenvalue weighted by Crippen LogP contribution is -2.67. The van der Waals surface area contributed by atoms with Gasteiger partial charge in [-0.05, 0) is 119 Å². The molecule has 7 rings (SSSR count). The molecule has 0 aromatic carbocycles. The third-order valence-corrected chi connectivity index (χ3v) is 17.7. The van der Waals surface area contributed by atoms with Crippen molar-refractivity contribution in [1.82, 2.24) is 20.9 Å². The van der Waals surface area contributed by atoms with E-state index in [4.69, 9.17) is 9.47 Å². The van der Waals surface area contributed by atoms with E-state index >= 15 is 0 Å². The van der Waals surface area contributed by atoms with Gasteiger partial charge in [-0.1, -0.05) is 26.7 Å². The van der Waals surface area contributed by atoms with Crippen LogP contribution in [0, 0.1) is 34.5 Å². The highest BCUT2D eigenvalue weighted by Crippen LogP contribution is 2.70. The fourth-order valence-electron chi connectivity index (χ4n) is 12.8. The first-order valence-corrected chi connectivity index (χ1v) is 23.9. The predicted octanol–water partition coefficient (Wildman–Crippen LogP) is 4.34. The first kappa shape index (κ1) is 45.0. The van der Waals surface area contributed by atoms with E-state index in [0.29, 0.717) is 50.3 Å². The van der Waals surface area contributed by atoms with Crippen LogP contribution < -0.4 is 16.0 Å². The number of hydrogen-bond donors (Lipinski definition) is 5. The van der Waals surface area contributed by atoms with Crippen LogP contribution >= 0.6 is 11.8 Å². The van der Waals surface area contributed by atoms with Crippen molar-refractivity contribution in [2.24, 2.45) is 34.5 Å². The molecule has 15 heteroatoms. The standard InChI is InChI=1S/C45H68N4O10S/c1-27(50)9-6-7-10-35-41-34(26-60-35)49(42(56)48-41)39(54)16-20-47-37(52)11-5-4-8-19-46-38(53)25-58-30-14-17-43(2)29(22-30)12-13-32-33(43)23-36(51)44(3)31(15-18-45(32,44)57)28-21-40(55)59-24-28/h21,29-36,41,51,57H,4-20,22-26H2,1-3H3,(H,46,53)(H,47,52)(H,48,56)/t29-,30+,31-,32-,33+,34+,35+,36-,41+,43+,44+,45+/m1/s1. The van der Waals surface area contributed by atoms with Crippen molar-refractivity contribution in [3.05, 3.63) is 11.6 Å². The molecule has 0 radical (unpaired) electrons. The highest BCUT2D eigenvalue weighted by Gasteiger charge is 2.70. The summed E-state index contributed by atoms with van der Waals surface area (Å²) in [5.41, 5.74) is -0.847. The summed E-state index contributed by atoms with van der Waals surface area (Å²) < 4.78 is 11.4. The van der Waals surface area contributed by atoms with E-state index in [9.17, 15) is 39.0 Å². The number of esters is 1. The maximum atomic E-state index is 13.0. The fraction of sp³-hybridized carbons (Fsp3) is 0.822. The van der Waals surface area contributed by atoms with Crippen LogP contribution in [0.2, 0.25) is 0 Å². The molecule has 5 amide bonds. The van der Waals surface area contributed by atoms with E-state index < -0.39 is 17.1 Å². The van der Waals surface area contributed by atoms with Gasteiger partial charge in [-0.25, -0.2) is 9.59 Å². The summed E-state index contributed by atoms with van der Waals surface area (Å²) in [5, 5.41) is 33.3. The topological polar surface area (TPSA) is 201 Å². The largest absolute Gasteiger partial charge is 0.458 e. The van der Waals surface area contributed by atoms with Crippen LogP contribution in [0.3, 0.4) is 0 Å². The van der Waals surface area contributed by atoms with Crippen molar-refractivity contribution in [1.29, 1.82) is 0 Å². The van der Waals surface area contributed by atoms with Crippen LogP contribution in [-0.4, -0.2) is 118 Å². The van der Waals surface area contributed by atoms with Gasteiger partial charge in [-0.3, -0.25) is 19.3 Å². The molecule has 3 heterocycles. The number of urea groups is 1. The van der Waals surface area contributed by atoms with Crippen LogP contribution in [0.5, 0.6) is 0 Å². The lowest BCUT2D eigenvalue weighted by Gasteiger charge is -2.65. The lowest BCUT2D eigenvalue weighted by molar-refractivity contribution is -0.245. The number of imide groups is 1. The first-order chi connectivity index (χ1) is 28.7. The van der Waals surface area contributed by atoms with Gasteiger partial charge in [-0.2, -0.15) is 11.8 Å². The Labute approximate surface area is 358 Å². The summed E-state index contributed by atoms with van der Waals surface area (Å²) in [7, 11) is 0. The first-order valence-electron chi connectivity index (χ1n) is 22.8. The van der Waals surface area contributed by atoms with Crippen LogP contribution in [0.4, 0.5) is 4.79 Å². The molecular weight excluding hydrogens is 789 g/mol. The minimum Gasteiger partial charge on any atom is -0.458 e. The Hall–Kier alpha value is -3.01. The number of nitrogens with zero attached hydrogens (tertiary/aromatic N) is 1. The number of aliphatic hydroxyl groups is 2. The fourth-order valence-corrected chi connectivity index (χ4v) is 14.4. The Morgan fingerprint density at radius 2 is 1.72 bits per heavy atom. The molecule has 5 N–H and O–H groups in total. The van der Waals surface area contributed by atoms with Crippen molar-refractivity contribution in [3.8, 4) is 0 Å². The number of Topliss-reactive ketones (excluding diaryl/α,β-unsaturated/α-hetero) is 1. The molecule has 0 aromatic rings. The summed E-state index contributed by atoms with van der Waals surface area (Å²) in [4.78, 5) is 75.2. The van der Waals surface area contributed by atoms with Gasteiger partial charge in [-0.15, -0.1) is 0 Å².